The molecule has 0 aliphatic rings. The van der Waals surface area contributed by atoms with E-state index in [-0.39, 0.29) is 0 Å². The van der Waals surface area contributed by atoms with Crippen molar-refractivity contribution in [2.24, 2.45) is 7.05 Å². The molecule has 1 N–H and O–H groups in total. The summed E-state index contributed by atoms with van der Waals surface area (Å²) in [5, 5.41) is 8.49. The minimum atomic E-state index is 0.373. The summed E-state index contributed by atoms with van der Waals surface area (Å²) >= 11 is 6.32. The van der Waals surface area contributed by atoms with Crippen LogP contribution in [0.4, 0.5) is 0 Å². The summed E-state index contributed by atoms with van der Waals surface area (Å²) in [6.45, 7) is 4.01. The first kappa shape index (κ1) is 14.1. The summed E-state index contributed by atoms with van der Waals surface area (Å²) in [6.07, 6.45) is 4.94. The van der Waals surface area contributed by atoms with Gasteiger partial charge in [-0.2, -0.15) is 5.10 Å². The molecule has 19 heavy (non-hydrogen) atoms. The molecule has 1 heterocycles. The third-order valence-corrected chi connectivity index (χ3v) is 3.57. The van der Waals surface area contributed by atoms with Crippen molar-refractivity contribution < 1.29 is 0 Å². The number of nitrogens with zero attached hydrogens (tertiary/aromatic N) is 2. The highest BCUT2D eigenvalue weighted by Gasteiger charge is 2.15. The summed E-state index contributed by atoms with van der Waals surface area (Å²) in [4.78, 5) is 0. The Hall–Kier alpha value is -1.32. The van der Waals surface area contributed by atoms with Gasteiger partial charge in [-0.3, -0.25) is 4.68 Å². The number of aromatic nitrogens is 2. The largest absolute Gasteiger partial charge is 0.316 e. The lowest BCUT2D eigenvalue weighted by molar-refractivity contribution is 0.595. The average Bonchev–Trinajstić information content (AvgIpc) is 2.81. The van der Waals surface area contributed by atoms with Crippen molar-refractivity contribution in [1.29, 1.82) is 0 Å². The smallest absolute Gasteiger partial charge is 0.0521 e. The Labute approximate surface area is 119 Å². The van der Waals surface area contributed by atoms with E-state index in [0.717, 1.165) is 24.5 Å². The Morgan fingerprint density at radius 1 is 1.37 bits per heavy atom. The van der Waals surface area contributed by atoms with Crippen LogP contribution >= 0.6 is 11.6 Å². The molecule has 102 valence electrons. The fourth-order valence-electron chi connectivity index (χ4n) is 2.28. The van der Waals surface area contributed by atoms with Crippen molar-refractivity contribution in [3.05, 3.63) is 52.8 Å². The van der Waals surface area contributed by atoms with Gasteiger partial charge < -0.3 is 5.32 Å². The summed E-state index contributed by atoms with van der Waals surface area (Å²) in [6, 6.07) is 8.09. The highest BCUT2D eigenvalue weighted by molar-refractivity contribution is 6.31. The number of hydrogen-bond donors (Lipinski definition) is 1. The van der Waals surface area contributed by atoms with E-state index in [0.29, 0.717) is 5.92 Å². The van der Waals surface area contributed by atoms with Crippen LogP contribution in [0.25, 0.3) is 0 Å². The van der Waals surface area contributed by atoms with Gasteiger partial charge in [0.05, 0.1) is 6.20 Å². The van der Waals surface area contributed by atoms with Crippen LogP contribution in [0.5, 0.6) is 0 Å². The van der Waals surface area contributed by atoms with Gasteiger partial charge in [-0.05, 0) is 30.2 Å². The van der Waals surface area contributed by atoms with Crippen LogP contribution in [0.3, 0.4) is 0 Å². The van der Waals surface area contributed by atoms with E-state index in [1.807, 2.05) is 36.1 Å². The lowest BCUT2D eigenvalue weighted by atomic mass is 9.93. The molecule has 0 saturated heterocycles. The second kappa shape index (κ2) is 6.73. The van der Waals surface area contributed by atoms with Crippen molar-refractivity contribution in [3.63, 3.8) is 0 Å². The molecular weight excluding hydrogens is 258 g/mol. The SMILES string of the molecule is CCNCC(Cc1cnn(C)c1)c1ccccc1Cl. The van der Waals surface area contributed by atoms with E-state index in [4.69, 9.17) is 11.6 Å². The number of benzene rings is 1. The van der Waals surface area contributed by atoms with E-state index < -0.39 is 0 Å². The fourth-order valence-corrected chi connectivity index (χ4v) is 2.57. The van der Waals surface area contributed by atoms with Gasteiger partial charge in [-0.25, -0.2) is 0 Å². The summed E-state index contributed by atoms with van der Waals surface area (Å²) in [5.74, 6) is 0.373. The van der Waals surface area contributed by atoms with E-state index in [1.165, 1.54) is 11.1 Å². The number of aryl methyl sites for hydroxylation is 1. The Bertz CT molecular complexity index is 522. The zero-order valence-electron chi connectivity index (χ0n) is 11.4. The number of halogens is 1. The van der Waals surface area contributed by atoms with Crippen LogP contribution in [0.2, 0.25) is 5.02 Å². The minimum absolute atomic E-state index is 0.373. The van der Waals surface area contributed by atoms with Gasteiger partial charge in [0.2, 0.25) is 0 Å². The fraction of sp³-hybridized carbons (Fsp3) is 0.400. The average molecular weight is 278 g/mol. The Kier molecular flexibility index (Phi) is 5.00. The number of nitrogens with one attached hydrogen (secondary N) is 1. The summed E-state index contributed by atoms with van der Waals surface area (Å²) in [5.41, 5.74) is 2.44. The quantitative estimate of drug-likeness (QED) is 0.880. The summed E-state index contributed by atoms with van der Waals surface area (Å²) in [7, 11) is 1.94. The Morgan fingerprint density at radius 2 is 2.16 bits per heavy atom. The van der Waals surface area contributed by atoms with Gasteiger partial charge in [0.25, 0.3) is 0 Å². The first-order valence-corrected chi connectivity index (χ1v) is 7.01. The molecule has 4 heteroatoms. The monoisotopic (exact) mass is 277 g/mol. The topological polar surface area (TPSA) is 29.9 Å². The molecule has 0 saturated carbocycles. The highest BCUT2D eigenvalue weighted by Crippen LogP contribution is 2.27. The molecule has 0 fully saturated rings. The molecule has 0 amide bonds. The van der Waals surface area contributed by atoms with Crippen molar-refractivity contribution in [1.82, 2.24) is 15.1 Å². The van der Waals surface area contributed by atoms with E-state index in [9.17, 15) is 0 Å². The molecule has 1 aromatic heterocycles. The maximum atomic E-state index is 6.32. The Morgan fingerprint density at radius 3 is 2.79 bits per heavy atom. The van der Waals surface area contributed by atoms with Crippen LogP contribution in [0, 0.1) is 0 Å². The van der Waals surface area contributed by atoms with Crippen LogP contribution in [-0.4, -0.2) is 22.9 Å². The predicted octanol–water partition coefficient (Wildman–Crippen LogP) is 3.01. The van der Waals surface area contributed by atoms with Gasteiger partial charge >= 0.3 is 0 Å². The second-order valence-corrected chi connectivity index (χ2v) is 5.16. The van der Waals surface area contributed by atoms with E-state index >= 15 is 0 Å². The first-order valence-electron chi connectivity index (χ1n) is 6.63. The zero-order chi connectivity index (χ0) is 13.7. The molecule has 2 aromatic rings. The van der Waals surface area contributed by atoms with Crippen molar-refractivity contribution in [2.45, 2.75) is 19.3 Å². The van der Waals surface area contributed by atoms with Crippen LogP contribution in [0.1, 0.15) is 24.0 Å². The van der Waals surface area contributed by atoms with Gasteiger partial charge in [-0.1, -0.05) is 36.7 Å². The van der Waals surface area contributed by atoms with Crippen molar-refractivity contribution in [2.75, 3.05) is 13.1 Å². The third-order valence-electron chi connectivity index (χ3n) is 3.23. The van der Waals surface area contributed by atoms with Crippen LogP contribution < -0.4 is 5.32 Å². The molecule has 0 aliphatic carbocycles. The molecule has 0 radical (unpaired) electrons. The minimum Gasteiger partial charge on any atom is -0.316 e. The molecule has 0 bridgehead atoms. The second-order valence-electron chi connectivity index (χ2n) is 4.75. The molecule has 1 atom stereocenters. The maximum Gasteiger partial charge on any atom is 0.0521 e. The van der Waals surface area contributed by atoms with Gasteiger partial charge in [0, 0.05) is 30.7 Å². The van der Waals surface area contributed by atoms with E-state index in [1.54, 1.807) is 0 Å². The van der Waals surface area contributed by atoms with Crippen LogP contribution in [0.15, 0.2) is 36.7 Å². The molecule has 1 unspecified atom stereocenters. The predicted molar refractivity (Wildman–Crippen MR) is 79.6 cm³/mol. The van der Waals surface area contributed by atoms with E-state index in [2.05, 4.69) is 29.6 Å². The Balaban J connectivity index is 2.18. The van der Waals surface area contributed by atoms with Crippen LogP contribution in [-0.2, 0) is 13.5 Å². The normalized spacial score (nSPS) is 12.6. The third kappa shape index (κ3) is 3.82. The molecule has 0 spiro atoms. The number of rotatable bonds is 6. The standard InChI is InChI=1S/C15H20ClN3/c1-3-17-10-13(8-12-9-18-19(2)11-12)14-6-4-5-7-15(14)16/h4-7,9,11,13,17H,3,8,10H2,1-2H3. The molecule has 0 aliphatic heterocycles. The number of likely N-dealkylation sites (N-methyl/N-ethyl adjacent to an activating group) is 1. The first-order chi connectivity index (χ1) is 9.20. The lowest BCUT2D eigenvalue weighted by Gasteiger charge is -2.18. The molecule has 2 rings (SSSR count). The zero-order valence-corrected chi connectivity index (χ0v) is 12.2. The van der Waals surface area contributed by atoms with Crippen molar-refractivity contribution >= 4 is 11.6 Å². The molecule has 1 aromatic carbocycles. The lowest BCUT2D eigenvalue weighted by Crippen LogP contribution is -2.22. The van der Waals surface area contributed by atoms with Gasteiger partial charge in [-0.15, -0.1) is 0 Å². The number of hydrogen-bond acceptors (Lipinski definition) is 2. The van der Waals surface area contributed by atoms with Gasteiger partial charge in [0.1, 0.15) is 0 Å². The molecular formula is C15H20ClN3. The summed E-state index contributed by atoms with van der Waals surface area (Å²) < 4.78 is 1.84. The maximum absolute atomic E-state index is 6.32. The van der Waals surface area contributed by atoms with Crippen molar-refractivity contribution in [3.8, 4) is 0 Å². The van der Waals surface area contributed by atoms with Gasteiger partial charge in [0.15, 0.2) is 0 Å². The molecule has 3 nitrogen and oxygen atoms in total. The highest BCUT2D eigenvalue weighted by atomic mass is 35.5.